The number of nitrogens with zero attached hydrogens (tertiary/aromatic N) is 2. The first kappa shape index (κ1) is 21.3. The van der Waals surface area contributed by atoms with Gasteiger partial charge in [-0.2, -0.15) is 8.78 Å². The molecule has 37 heavy (non-hydrogen) atoms. The van der Waals surface area contributed by atoms with Gasteiger partial charge in [0.2, 0.25) is 11.9 Å². The quantitative estimate of drug-likeness (QED) is 0.283. The average molecular weight is 495 g/mol. The van der Waals surface area contributed by atoms with E-state index in [0.29, 0.717) is 40.6 Å². The number of aromatic amines is 2. The summed E-state index contributed by atoms with van der Waals surface area (Å²) in [6, 6.07) is 16.2. The molecule has 2 aliphatic carbocycles. The minimum Gasteiger partial charge on any atom is -0.317 e. The lowest BCUT2D eigenvalue weighted by Crippen LogP contribution is -2.25. The van der Waals surface area contributed by atoms with Crippen LogP contribution < -0.4 is 10.6 Å². The zero-order valence-corrected chi connectivity index (χ0v) is 19.9. The number of piperidine rings is 1. The zero-order chi connectivity index (χ0) is 24.7. The van der Waals surface area contributed by atoms with Gasteiger partial charge in [0.15, 0.2) is 0 Å². The number of halogens is 2. The van der Waals surface area contributed by atoms with Crippen LogP contribution in [0.2, 0.25) is 0 Å². The minimum absolute atomic E-state index is 0.0252. The summed E-state index contributed by atoms with van der Waals surface area (Å²) in [5, 5.41) is 6.93. The highest BCUT2D eigenvalue weighted by molar-refractivity contribution is 5.71. The van der Waals surface area contributed by atoms with Gasteiger partial charge in [0, 0.05) is 23.6 Å². The summed E-state index contributed by atoms with van der Waals surface area (Å²) < 4.78 is 29.4. The Labute approximate surface area is 212 Å². The predicted octanol–water partition coefficient (Wildman–Crippen LogP) is 5.33. The molecule has 8 rings (SSSR count). The summed E-state index contributed by atoms with van der Waals surface area (Å²) in [5.74, 6) is 1.17. The summed E-state index contributed by atoms with van der Waals surface area (Å²) in [4.78, 5) is 14.8. The smallest absolute Gasteiger partial charge is 0.219 e. The number of aromatic nitrogens is 4. The molecule has 8 heteroatoms. The van der Waals surface area contributed by atoms with Crippen molar-refractivity contribution in [3.05, 3.63) is 89.5 Å². The molecule has 184 valence electrons. The molecule has 0 spiro atoms. The summed E-state index contributed by atoms with van der Waals surface area (Å²) in [6.07, 6.45) is 5.02. The molecule has 4 heterocycles. The van der Waals surface area contributed by atoms with Crippen LogP contribution in [-0.4, -0.2) is 32.0 Å². The van der Waals surface area contributed by atoms with Crippen molar-refractivity contribution >= 4 is 0 Å². The lowest BCUT2D eigenvalue weighted by Gasteiger charge is -2.10. The van der Waals surface area contributed by atoms with Crippen molar-refractivity contribution in [2.45, 2.75) is 43.4 Å². The average Bonchev–Trinajstić information content (AvgIpc) is 3.25. The van der Waals surface area contributed by atoms with E-state index in [2.05, 4.69) is 36.3 Å². The SMILES string of the molecule is Fc1[nH]c([C@@H]2CC3CC3N2)nc1-c1ccc(-c2ccc(-c3nc([C@@H]4CC5=C=C[C@H]5N4)[nH]c3F)cc2)cc1. The van der Waals surface area contributed by atoms with Gasteiger partial charge >= 0.3 is 0 Å². The maximum absolute atomic E-state index is 14.7. The number of H-pyrrole nitrogens is 2. The largest absolute Gasteiger partial charge is 0.317 e. The number of rotatable bonds is 5. The van der Waals surface area contributed by atoms with Crippen molar-refractivity contribution < 1.29 is 8.78 Å². The monoisotopic (exact) mass is 494 g/mol. The van der Waals surface area contributed by atoms with Gasteiger partial charge in [-0.25, -0.2) is 9.97 Å². The first-order valence-corrected chi connectivity index (χ1v) is 12.8. The Morgan fingerprint density at radius 3 is 1.73 bits per heavy atom. The van der Waals surface area contributed by atoms with E-state index in [1.165, 1.54) is 12.0 Å². The van der Waals surface area contributed by atoms with Crippen LogP contribution in [0.15, 0.2) is 65.9 Å². The molecule has 3 fully saturated rings. The normalized spacial score (nSPS) is 27.1. The molecule has 2 saturated heterocycles. The number of benzene rings is 2. The highest BCUT2D eigenvalue weighted by atomic mass is 19.1. The molecule has 6 nitrogen and oxygen atoms in total. The fourth-order valence-electron chi connectivity index (χ4n) is 5.91. The molecule has 2 unspecified atom stereocenters. The third kappa shape index (κ3) is 3.52. The van der Waals surface area contributed by atoms with Crippen LogP contribution in [0.3, 0.4) is 0 Å². The Morgan fingerprint density at radius 1 is 0.703 bits per heavy atom. The fraction of sp³-hybridized carbons (Fsp3) is 0.276. The van der Waals surface area contributed by atoms with Crippen LogP contribution >= 0.6 is 0 Å². The van der Waals surface area contributed by atoms with Gasteiger partial charge in [-0.3, -0.25) is 5.32 Å². The van der Waals surface area contributed by atoms with Crippen molar-refractivity contribution in [1.82, 2.24) is 30.6 Å². The Morgan fingerprint density at radius 2 is 1.27 bits per heavy atom. The van der Waals surface area contributed by atoms with E-state index in [-0.39, 0.29) is 18.1 Å². The number of hydrogen-bond acceptors (Lipinski definition) is 4. The molecule has 0 bridgehead atoms. The van der Waals surface area contributed by atoms with Crippen LogP contribution in [-0.2, 0) is 0 Å². The Balaban J connectivity index is 0.999. The number of imidazole rings is 2. The Bertz CT molecular complexity index is 1580. The van der Waals surface area contributed by atoms with E-state index in [0.717, 1.165) is 29.5 Å². The van der Waals surface area contributed by atoms with Gasteiger partial charge in [-0.15, -0.1) is 5.73 Å². The maximum Gasteiger partial charge on any atom is 0.219 e. The Hall–Kier alpha value is -3.84. The molecule has 4 aliphatic rings. The van der Waals surface area contributed by atoms with E-state index >= 15 is 0 Å². The summed E-state index contributed by atoms with van der Waals surface area (Å²) in [7, 11) is 0. The summed E-state index contributed by atoms with van der Waals surface area (Å²) >= 11 is 0. The van der Waals surface area contributed by atoms with E-state index in [4.69, 9.17) is 0 Å². The molecular formula is C29H24F2N6. The van der Waals surface area contributed by atoms with Gasteiger partial charge in [-0.1, -0.05) is 48.5 Å². The van der Waals surface area contributed by atoms with Crippen LogP contribution in [0, 0.1) is 17.8 Å². The van der Waals surface area contributed by atoms with Gasteiger partial charge in [0.1, 0.15) is 23.0 Å². The molecule has 2 aliphatic heterocycles. The second kappa shape index (κ2) is 7.83. The minimum atomic E-state index is -0.430. The summed E-state index contributed by atoms with van der Waals surface area (Å²) in [5.41, 5.74) is 8.48. The second-order valence-electron chi connectivity index (χ2n) is 10.5. The third-order valence-electron chi connectivity index (χ3n) is 8.16. The molecule has 0 radical (unpaired) electrons. The highest BCUT2D eigenvalue weighted by Gasteiger charge is 2.47. The second-order valence-corrected chi connectivity index (χ2v) is 10.5. The molecule has 4 N–H and O–H groups in total. The number of nitrogens with one attached hydrogen (secondary N) is 4. The van der Waals surface area contributed by atoms with Gasteiger partial charge in [0.25, 0.3) is 0 Å². The molecule has 1 saturated carbocycles. The topological polar surface area (TPSA) is 81.4 Å². The standard InChI is InChI=1S/C29H24F2N6/c30-26-24(34-28(36-26)22-11-18-9-10-20(18)32-22)16-5-1-14(2-6-16)15-3-7-17(8-4-15)25-27(31)37-29(35-25)23-13-19-12-21(19)33-23/h1-8,10,19-23,32-33H,11-13H2,(H,34,36)(H,35,37)/t19?,20-,21?,22+,23+/m1/s1. The van der Waals surface area contributed by atoms with E-state index in [1.54, 1.807) is 0 Å². The van der Waals surface area contributed by atoms with Crippen molar-refractivity contribution in [2.75, 3.05) is 0 Å². The molecule has 0 amide bonds. The van der Waals surface area contributed by atoms with E-state index in [1.807, 2.05) is 54.6 Å². The number of fused-ring (bicyclic) bond motifs is 2. The molecule has 2 aromatic heterocycles. The zero-order valence-electron chi connectivity index (χ0n) is 19.9. The lowest BCUT2D eigenvalue weighted by atomic mass is 10.0. The Kier molecular flexibility index (Phi) is 4.50. The molecular weight excluding hydrogens is 470 g/mol. The number of hydrogen-bond donors (Lipinski definition) is 4. The van der Waals surface area contributed by atoms with Gasteiger partial charge in [-0.05, 0) is 41.5 Å². The van der Waals surface area contributed by atoms with Crippen LogP contribution in [0.4, 0.5) is 8.78 Å². The third-order valence-corrected chi connectivity index (χ3v) is 8.16. The summed E-state index contributed by atoms with van der Waals surface area (Å²) in [6.45, 7) is 0. The molecule has 2 aromatic carbocycles. The highest BCUT2D eigenvalue weighted by Crippen LogP contribution is 2.45. The van der Waals surface area contributed by atoms with Crippen molar-refractivity contribution in [3.63, 3.8) is 0 Å². The predicted molar refractivity (Wildman–Crippen MR) is 135 cm³/mol. The van der Waals surface area contributed by atoms with Gasteiger partial charge in [0.05, 0.1) is 18.1 Å². The van der Waals surface area contributed by atoms with Crippen LogP contribution in [0.25, 0.3) is 33.6 Å². The van der Waals surface area contributed by atoms with E-state index < -0.39 is 11.9 Å². The lowest BCUT2D eigenvalue weighted by molar-refractivity contribution is 0.528. The van der Waals surface area contributed by atoms with Gasteiger partial charge < -0.3 is 15.3 Å². The van der Waals surface area contributed by atoms with E-state index in [9.17, 15) is 8.78 Å². The molecule has 4 aromatic rings. The first-order chi connectivity index (χ1) is 18.1. The fourth-order valence-corrected chi connectivity index (χ4v) is 5.91. The van der Waals surface area contributed by atoms with Crippen LogP contribution in [0.1, 0.15) is 43.0 Å². The molecule has 5 atom stereocenters. The van der Waals surface area contributed by atoms with Crippen molar-refractivity contribution in [3.8, 4) is 33.6 Å². The van der Waals surface area contributed by atoms with Crippen LogP contribution in [0.5, 0.6) is 0 Å². The van der Waals surface area contributed by atoms with Crippen molar-refractivity contribution in [1.29, 1.82) is 0 Å². The van der Waals surface area contributed by atoms with Crippen molar-refractivity contribution in [2.24, 2.45) is 5.92 Å². The first-order valence-electron chi connectivity index (χ1n) is 12.8. The maximum atomic E-state index is 14.7.